The van der Waals surface area contributed by atoms with E-state index in [1.54, 1.807) is 46.9 Å². The maximum Gasteiger partial charge on any atom is 0.246 e. The van der Waals surface area contributed by atoms with E-state index in [-0.39, 0.29) is 64.2 Å². The standard InChI is InChI=1S/C53H60ClN9O8S2/c1-31-23-41-46(35-15-17-37(54)18-16-35)58-42(49-61-60-33(3)63(49)52(41)73-31)26-44(65)57-38-9-7-10-40(24-38)71-22-21-69-19-8-20-70-29-45(66)59-48(53(4,5)6)51(68)62-28-39(64)25-43(62)50(67)55-27-34-11-13-36(14-12-34)47-32(2)56-30-72-47/h7,9-18,23-24,30,39,42-43,48,64H,8,19-22,25-29H2,1-6H3,(H,55,67)(H,57,65)(H,59,66)/t39-,42?,43+,48-/m1/s1. The van der Waals surface area contributed by atoms with Crippen molar-refractivity contribution in [3.63, 3.8) is 0 Å². The van der Waals surface area contributed by atoms with Crippen LogP contribution in [0.15, 0.2) is 89.4 Å². The molecule has 0 spiro atoms. The topological polar surface area (TPSA) is 211 Å². The zero-order valence-corrected chi connectivity index (χ0v) is 44.0. The smallest absolute Gasteiger partial charge is 0.246 e. The van der Waals surface area contributed by atoms with Gasteiger partial charge in [0.15, 0.2) is 5.82 Å². The number of hydrogen-bond donors (Lipinski definition) is 4. The van der Waals surface area contributed by atoms with Crippen molar-refractivity contribution in [2.75, 3.05) is 44.9 Å². The summed E-state index contributed by atoms with van der Waals surface area (Å²) in [5, 5.41) is 29.7. The predicted molar refractivity (Wildman–Crippen MR) is 282 cm³/mol. The zero-order valence-electron chi connectivity index (χ0n) is 41.6. The molecule has 4 N–H and O–H groups in total. The maximum absolute atomic E-state index is 14.0. The fourth-order valence-electron chi connectivity index (χ4n) is 8.72. The summed E-state index contributed by atoms with van der Waals surface area (Å²) in [7, 11) is 0. The van der Waals surface area contributed by atoms with Crippen molar-refractivity contribution < 1.29 is 38.5 Å². The largest absolute Gasteiger partial charge is 0.491 e. The van der Waals surface area contributed by atoms with E-state index < -0.39 is 41.5 Å². The molecular formula is C53H60ClN9O8S2. The van der Waals surface area contributed by atoms with E-state index in [0.29, 0.717) is 41.1 Å². The molecule has 384 valence electrons. The third-order valence-corrected chi connectivity index (χ3v) is 14.6. The van der Waals surface area contributed by atoms with Crippen LogP contribution in [0.2, 0.25) is 5.02 Å². The highest BCUT2D eigenvalue weighted by Crippen LogP contribution is 2.38. The molecule has 0 bridgehead atoms. The number of carbonyl (C=O) groups excluding carboxylic acids is 4. The van der Waals surface area contributed by atoms with Gasteiger partial charge < -0.3 is 40.2 Å². The average Bonchev–Trinajstić information content (AvgIpc) is 4.15. The molecular weight excluding hydrogens is 990 g/mol. The number of ether oxygens (including phenoxy) is 3. The van der Waals surface area contributed by atoms with Gasteiger partial charge in [-0.3, -0.25) is 28.7 Å². The van der Waals surface area contributed by atoms with E-state index in [1.165, 1.54) is 4.90 Å². The minimum Gasteiger partial charge on any atom is -0.491 e. The van der Waals surface area contributed by atoms with Crippen LogP contribution >= 0.6 is 34.3 Å². The van der Waals surface area contributed by atoms with Crippen LogP contribution in [0.3, 0.4) is 0 Å². The van der Waals surface area contributed by atoms with Crippen LogP contribution in [-0.4, -0.2) is 117 Å². The van der Waals surface area contributed by atoms with E-state index >= 15 is 0 Å². The van der Waals surface area contributed by atoms with E-state index in [0.717, 1.165) is 48.4 Å². The number of aliphatic hydroxyl groups excluding tert-OH is 1. The monoisotopic (exact) mass is 1050 g/mol. The van der Waals surface area contributed by atoms with Gasteiger partial charge in [-0.2, -0.15) is 0 Å². The van der Waals surface area contributed by atoms with Gasteiger partial charge in [-0.1, -0.05) is 74.8 Å². The Bertz CT molecular complexity index is 2950. The van der Waals surface area contributed by atoms with Crippen molar-refractivity contribution in [3.05, 3.63) is 128 Å². The highest BCUT2D eigenvalue weighted by molar-refractivity contribution is 7.15. The number of carbonyl (C=O) groups is 4. The number of aliphatic imine (C=N–C) groups is 1. The second kappa shape index (κ2) is 23.7. The number of β-amino-alcohol motifs (C(OH)–C–C–N with tert-alkyl or cyclic N) is 1. The first-order valence-electron chi connectivity index (χ1n) is 24.1. The molecule has 17 nitrogen and oxygen atoms in total. The number of nitrogens with zero attached hydrogens (tertiary/aromatic N) is 6. The van der Waals surface area contributed by atoms with E-state index in [9.17, 15) is 24.3 Å². The quantitative estimate of drug-likeness (QED) is 0.0548. The van der Waals surface area contributed by atoms with E-state index in [4.69, 9.17) is 30.8 Å². The first kappa shape index (κ1) is 53.0. The summed E-state index contributed by atoms with van der Waals surface area (Å²) < 4.78 is 19.3. The number of hydrogen-bond acceptors (Lipinski definition) is 14. The van der Waals surface area contributed by atoms with Gasteiger partial charge in [0, 0.05) is 65.5 Å². The summed E-state index contributed by atoms with van der Waals surface area (Å²) in [5.41, 5.74) is 7.13. The number of anilines is 1. The van der Waals surface area contributed by atoms with Gasteiger partial charge in [-0.15, -0.1) is 32.9 Å². The molecule has 4 atom stereocenters. The van der Waals surface area contributed by atoms with Crippen LogP contribution in [0.25, 0.3) is 15.4 Å². The number of halogens is 1. The highest BCUT2D eigenvalue weighted by atomic mass is 35.5. The first-order valence-corrected chi connectivity index (χ1v) is 26.2. The predicted octanol–water partition coefficient (Wildman–Crippen LogP) is 7.56. The first-order chi connectivity index (χ1) is 35.0. The molecule has 2 aliphatic rings. The van der Waals surface area contributed by atoms with Gasteiger partial charge in [0.25, 0.3) is 0 Å². The lowest BCUT2D eigenvalue weighted by atomic mass is 9.85. The summed E-state index contributed by atoms with van der Waals surface area (Å²) >= 11 is 9.42. The molecule has 1 saturated heterocycles. The minimum atomic E-state index is -0.975. The molecule has 5 heterocycles. The van der Waals surface area contributed by atoms with Crippen LogP contribution in [0.1, 0.15) is 85.0 Å². The molecule has 0 aliphatic carbocycles. The van der Waals surface area contributed by atoms with Gasteiger partial charge >= 0.3 is 0 Å². The number of thiophene rings is 1. The number of aliphatic hydroxyl groups is 1. The summed E-state index contributed by atoms with van der Waals surface area (Å²) in [5.74, 6) is 0.281. The molecule has 0 radical (unpaired) electrons. The summed E-state index contributed by atoms with van der Waals surface area (Å²) in [6.45, 7) is 12.5. The SMILES string of the molecule is Cc1cc2c(s1)-n1c(C)nnc1C(CC(=O)Nc1cccc(OCCOCCCOCC(=O)N[C@H](C(=O)N3C[C@H](O)C[C@H]3C(=O)NCc3ccc(-c4scnc4C)cc3)C(C)(C)C)c1)N=C2c1ccc(Cl)cc1. The summed E-state index contributed by atoms with van der Waals surface area (Å²) in [6.07, 6.45) is -0.267. The molecule has 3 aromatic carbocycles. The van der Waals surface area contributed by atoms with Gasteiger partial charge in [-0.25, -0.2) is 4.98 Å². The Morgan fingerprint density at radius 1 is 0.904 bits per heavy atom. The van der Waals surface area contributed by atoms with Crippen molar-refractivity contribution in [3.8, 4) is 21.2 Å². The summed E-state index contributed by atoms with van der Waals surface area (Å²) in [6, 6.07) is 22.1. The molecule has 0 saturated carbocycles. The Balaban J connectivity index is 0.746. The third-order valence-electron chi connectivity index (χ3n) is 12.4. The number of fused-ring (bicyclic) bond motifs is 3. The molecule has 3 aromatic heterocycles. The molecule has 73 heavy (non-hydrogen) atoms. The van der Waals surface area contributed by atoms with Crippen molar-refractivity contribution in [2.45, 2.75) is 91.6 Å². The number of amides is 4. The Kier molecular flexibility index (Phi) is 17.2. The van der Waals surface area contributed by atoms with Crippen molar-refractivity contribution in [1.29, 1.82) is 0 Å². The van der Waals surface area contributed by atoms with Crippen LogP contribution < -0.4 is 20.7 Å². The van der Waals surface area contributed by atoms with Crippen LogP contribution in [0.5, 0.6) is 5.75 Å². The fraction of sp³-hybridized carbons (Fsp3) is 0.396. The normalized spacial score (nSPS) is 16.7. The maximum atomic E-state index is 14.0. The Morgan fingerprint density at radius 3 is 2.40 bits per heavy atom. The van der Waals surface area contributed by atoms with Crippen LogP contribution in [0.4, 0.5) is 5.69 Å². The molecule has 1 unspecified atom stereocenters. The van der Waals surface area contributed by atoms with Crippen molar-refractivity contribution in [2.24, 2.45) is 10.4 Å². The second-order valence-electron chi connectivity index (χ2n) is 19.1. The van der Waals surface area contributed by atoms with E-state index in [1.807, 2.05) is 100 Å². The van der Waals surface area contributed by atoms with Gasteiger partial charge in [0.2, 0.25) is 23.6 Å². The number of rotatable bonds is 20. The number of thiazole rings is 1. The molecule has 20 heteroatoms. The Labute approximate surface area is 437 Å². The van der Waals surface area contributed by atoms with Gasteiger partial charge in [0.1, 0.15) is 47.9 Å². The molecule has 2 aliphatic heterocycles. The average molecular weight is 1050 g/mol. The van der Waals surface area contributed by atoms with Gasteiger partial charge in [0.05, 0.1) is 40.9 Å². The van der Waals surface area contributed by atoms with Crippen molar-refractivity contribution >= 4 is 69.3 Å². The molecule has 4 amide bonds. The van der Waals surface area contributed by atoms with Crippen LogP contribution in [-0.2, 0) is 35.2 Å². The van der Waals surface area contributed by atoms with Gasteiger partial charge in [-0.05, 0) is 74.1 Å². The number of likely N-dealkylation sites (tertiary alicyclic amines) is 1. The van der Waals surface area contributed by atoms with Crippen molar-refractivity contribution in [1.82, 2.24) is 35.3 Å². The zero-order chi connectivity index (χ0) is 51.8. The summed E-state index contributed by atoms with van der Waals surface area (Å²) in [4.78, 5) is 67.2. The third kappa shape index (κ3) is 13.3. The lowest BCUT2D eigenvalue weighted by Gasteiger charge is -2.35. The molecule has 6 aromatic rings. The Morgan fingerprint density at radius 2 is 1.66 bits per heavy atom. The number of nitrogens with one attached hydrogen (secondary N) is 3. The number of aryl methyl sites for hydroxylation is 3. The second-order valence-corrected chi connectivity index (χ2v) is 21.6. The number of aromatic nitrogens is 4. The molecule has 8 rings (SSSR count). The van der Waals surface area contributed by atoms with Crippen LogP contribution in [0, 0.1) is 26.2 Å². The highest BCUT2D eigenvalue weighted by Gasteiger charge is 2.44. The number of benzene rings is 3. The minimum absolute atomic E-state index is 0.0208. The lowest BCUT2D eigenvalue weighted by molar-refractivity contribution is -0.144. The van der Waals surface area contributed by atoms with E-state index in [2.05, 4.69) is 37.2 Å². The lowest BCUT2D eigenvalue weighted by Crippen LogP contribution is -2.58. The molecule has 1 fully saturated rings. The Hall–Kier alpha value is -6.35. The fourth-order valence-corrected chi connectivity index (χ4v) is 10.7.